The number of nitrogens with two attached hydrogens (primary N) is 1. The molecule has 0 heterocycles. The molecule has 1 rings (SSSR count). The zero-order valence-electron chi connectivity index (χ0n) is 11.0. The first kappa shape index (κ1) is 14.4. The molecule has 1 aromatic rings. The van der Waals surface area contributed by atoms with E-state index in [1.165, 1.54) is 11.3 Å². The Hall–Kier alpha value is -0.670. The van der Waals surface area contributed by atoms with Crippen molar-refractivity contribution < 1.29 is 4.74 Å². The molecule has 0 aromatic heterocycles. The average molecular weight is 253 g/mol. The molecular weight excluding hydrogens is 230 g/mol. The van der Waals surface area contributed by atoms with Crippen LogP contribution in [0.4, 0.5) is 0 Å². The Morgan fingerprint density at radius 3 is 2.82 bits per heavy atom. The van der Waals surface area contributed by atoms with Gasteiger partial charge in [0.2, 0.25) is 0 Å². The fraction of sp³-hybridized carbons (Fsp3) is 0.571. The van der Waals surface area contributed by atoms with Gasteiger partial charge in [-0.05, 0) is 43.4 Å². The first-order valence-electron chi connectivity index (χ1n) is 6.21. The van der Waals surface area contributed by atoms with E-state index in [4.69, 9.17) is 10.5 Å². The van der Waals surface area contributed by atoms with Gasteiger partial charge in [-0.1, -0.05) is 19.1 Å². The summed E-state index contributed by atoms with van der Waals surface area (Å²) in [4.78, 5) is 0. The Bertz CT molecular complexity index is 339. The van der Waals surface area contributed by atoms with Crippen LogP contribution in [-0.4, -0.2) is 18.1 Å². The van der Waals surface area contributed by atoms with Crippen LogP contribution in [0.1, 0.15) is 37.4 Å². The number of rotatable bonds is 7. The molecule has 96 valence electrons. The van der Waals surface area contributed by atoms with E-state index in [0.717, 1.165) is 30.1 Å². The molecule has 1 aromatic carbocycles. The molecule has 3 heteroatoms. The third kappa shape index (κ3) is 5.00. The molecule has 0 aliphatic carbocycles. The van der Waals surface area contributed by atoms with Crippen LogP contribution in [0.15, 0.2) is 18.2 Å². The highest BCUT2D eigenvalue weighted by Gasteiger charge is 2.07. The lowest BCUT2D eigenvalue weighted by Gasteiger charge is -2.14. The van der Waals surface area contributed by atoms with Crippen LogP contribution >= 0.6 is 11.8 Å². The van der Waals surface area contributed by atoms with Crippen LogP contribution in [0.5, 0.6) is 5.75 Å². The highest BCUT2D eigenvalue weighted by Crippen LogP contribution is 2.25. The predicted octanol–water partition coefficient (Wildman–Crippen LogP) is 3.54. The molecule has 2 nitrogen and oxygen atoms in total. The molecule has 1 atom stereocenters. The van der Waals surface area contributed by atoms with E-state index >= 15 is 0 Å². The standard InChI is InChI=1S/C14H23NOS/c1-4-17-9-5-8-16-14-10-11(2)6-7-13(14)12(3)15/h6-7,10,12H,4-5,8-9,15H2,1-3H3/t12-/m0/s1. The van der Waals surface area contributed by atoms with Gasteiger partial charge in [-0.2, -0.15) is 11.8 Å². The van der Waals surface area contributed by atoms with Gasteiger partial charge >= 0.3 is 0 Å². The zero-order valence-corrected chi connectivity index (χ0v) is 11.8. The second-order valence-electron chi connectivity index (χ2n) is 4.23. The third-order valence-corrected chi connectivity index (χ3v) is 3.54. The summed E-state index contributed by atoms with van der Waals surface area (Å²) in [5, 5.41) is 0. The van der Waals surface area contributed by atoms with Gasteiger partial charge in [0.05, 0.1) is 6.61 Å². The lowest BCUT2D eigenvalue weighted by atomic mass is 10.1. The number of thioether (sulfide) groups is 1. The lowest BCUT2D eigenvalue weighted by molar-refractivity contribution is 0.314. The molecule has 2 N–H and O–H groups in total. The van der Waals surface area contributed by atoms with E-state index in [9.17, 15) is 0 Å². The second-order valence-corrected chi connectivity index (χ2v) is 5.62. The van der Waals surface area contributed by atoms with Gasteiger partial charge in [-0.25, -0.2) is 0 Å². The van der Waals surface area contributed by atoms with Gasteiger partial charge < -0.3 is 10.5 Å². The normalized spacial score (nSPS) is 12.5. The van der Waals surface area contributed by atoms with Crippen molar-refractivity contribution in [2.24, 2.45) is 5.73 Å². The quantitative estimate of drug-likeness (QED) is 0.755. The average Bonchev–Trinajstić information content (AvgIpc) is 2.28. The number of ether oxygens (including phenoxy) is 1. The summed E-state index contributed by atoms with van der Waals surface area (Å²) in [6.45, 7) is 7.02. The van der Waals surface area contributed by atoms with Gasteiger partial charge in [0.25, 0.3) is 0 Å². The summed E-state index contributed by atoms with van der Waals surface area (Å²) in [7, 11) is 0. The van der Waals surface area contributed by atoms with Gasteiger partial charge in [0, 0.05) is 11.6 Å². The Morgan fingerprint density at radius 1 is 1.41 bits per heavy atom. The monoisotopic (exact) mass is 253 g/mol. The summed E-state index contributed by atoms with van der Waals surface area (Å²) >= 11 is 1.95. The van der Waals surface area contributed by atoms with E-state index < -0.39 is 0 Å². The highest BCUT2D eigenvalue weighted by atomic mass is 32.2. The van der Waals surface area contributed by atoms with E-state index in [1.807, 2.05) is 18.7 Å². The zero-order chi connectivity index (χ0) is 12.7. The summed E-state index contributed by atoms with van der Waals surface area (Å²) in [6.07, 6.45) is 1.09. The van der Waals surface area contributed by atoms with Crippen molar-refractivity contribution in [2.75, 3.05) is 18.1 Å². The van der Waals surface area contributed by atoms with E-state index in [1.54, 1.807) is 0 Å². The van der Waals surface area contributed by atoms with Crippen molar-refractivity contribution in [2.45, 2.75) is 33.2 Å². The van der Waals surface area contributed by atoms with Crippen LogP contribution in [0.3, 0.4) is 0 Å². The summed E-state index contributed by atoms with van der Waals surface area (Å²) in [6, 6.07) is 6.25. The third-order valence-electron chi connectivity index (χ3n) is 2.55. The molecular formula is C14H23NOS. The summed E-state index contributed by atoms with van der Waals surface area (Å²) in [5.74, 6) is 3.28. The highest BCUT2D eigenvalue weighted by molar-refractivity contribution is 7.99. The molecule has 0 amide bonds. The maximum atomic E-state index is 5.93. The van der Waals surface area contributed by atoms with Crippen molar-refractivity contribution in [1.82, 2.24) is 0 Å². The van der Waals surface area contributed by atoms with Crippen molar-refractivity contribution in [3.63, 3.8) is 0 Å². The number of hydrogen-bond donors (Lipinski definition) is 1. The van der Waals surface area contributed by atoms with Gasteiger partial charge in [-0.3, -0.25) is 0 Å². The number of hydrogen-bond acceptors (Lipinski definition) is 3. The second kappa shape index (κ2) is 7.62. The largest absolute Gasteiger partial charge is 0.493 e. The lowest BCUT2D eigenvalue weighted by Crippen LogP contribution is -2.09. The minimum Gasteiger partial charge on any atom is -0.493 e. The van der Waals surface area contributed by atoms with E-state index in [-0.39, 0.29) is 6.04 Å². The van der Waals surface area contributed by atoms with E-state index in [0.29, 0.717) is 0 Å². The van der Waals surface area contributed by atoms with Crippen molar-refractivity contribution >= 4 is 11.8 Å². The fourth-order valence-corrected chi connectivity index (χ4v) is 2.24. The minimum absolute atomic E-state index is 0.0237. The maximum absolute atomic E-state index is 5.93. The van der Waals surface area contributed by atoms with Crippen LogP contribution in [0, 0.1) is 6.92 Å². The van der Waals surface area contributed by atoms with Crippen LogP contribution in [0.2, 0.25) is 0 Å². The first-order valence-corrected chi connectivity index (χ1v) is 7.37. The van der Waals surface area contributed by atoms with Crippen LogP contribution in [0.25, 0.3) is 0 Å². The van der Waals surface area contributed by atoms with Crippen LogP contribution in [-0.2, 0) is 0 Å². The molecule has 0 radical (unpaired) electrons. The van der Waals surface area contributed by atoms with Crippen molar-refractivity contribution in [3.8, 4) is 5.75 Å². The molecule has 0 unspecified atom stereocenters. The molecule has 0 aliphatic rings. The fourth-order valence-electron chi connectivity index (χ4n) is 1.63. The topological polar surface area (TPSA) is 35.2 Å². The first-order chi connectivity index (χ1) is 8.15. The van der Waals surface area contributed by atoms with E-state index in [2.05, 4.69) is 32.0 Å². The van der Waals surface area contributed by atoms with Crippen LogP contribution < -0.4 is 10.5 Å². The predicted molar refractivity (Wildman–Crippen MR) is 76.9 cm³/mol. The molecule has 0 fully saturated rings. The summed E-state index contributed by atoms with van der Waals surface area (Å²) < 4.78 is 5.83. The van der Waals surface area contributed by atoms with Crippen molar-refractivity contribution in [1.29, 1.82) is 0 Å². The Labute approximate surface area is 109 Å². The smallest absolute Gasteiger partial charge is 0.124 e. The molecule has 0 saturated heterocycles. The van der Waals surface area contributed by atoms with Gasteiger partial charge in [0.15, 0.2) is 0 Å². The molecule has 17 heavy (non-hydrogen) atoms. The molecule has 0 saturated carbocycles. The Morgan fingerprint density at radius 2 is 2.18 bits per heavy atom. The van der Waals surface area contributed by atoms with Crippen molar-refractivity contribution in [3.05, 3.63) is 29.3 Å². The SMILES string of the molecule is CCSCCCOc1cc(C)ccc1[C@H](C)N. The maximum Gasteiger partial charge on any atom is 0.124 e. The Balaban J connectivity index is 2.53. The molecule has 0 spiro atoms. The Kier molecular flexibility index (Phi) is 6.45. The number of benzene rings is 1. The minimum atomic E-state index is 0.0237. The molecule has 0 aliphatic heterocycles. The summed E-state index contributed by atoms with van der Waals surface area (Å²) in [5.41, 5.74) is 8.24. The molecule has 0 bridgehead atoms. The van der Waals surface area contributed by atoms with Gasteiger partial charge in [-0.15, -0.1) is 0 Å². The van der Waals surface area contributed by atoms with Gasteiger partial charge in [0.1, 0.15) is 5.75 Å². The number of aryl methyl sites for hydroxylation is 1.